The summed E-state index contributed by atoms with van der Waals surface area (Å²) in [7, 11) is 1.95. The predicted molar refractivity (Wildman–Crippen MR) is 73.5 cm³/mol. The molecule has 2 aromatic rings. The Hall–Kier alpha value is -0.810. The highest BCUT2D eigenvalue weighted by Crippen LogP contribution is 2.24. The van der Waals surface area contributed by atoms with Crippen molar-refractivity contribution in [3.05, 3.63) is 57.1 Å². The molecule has 84 valence electrons. The summed E-state index contributed by atoms with van der Waals surface area (Å²) >= 11 is 2.32. The fraction of sp³-hybridized carbons (Fsp3) is 0.231. The standard InChI is InChI=1S/C13H14INO/c1-9-6-7-12(16-9)13(15-2)10-4-3-5-11(14)8-10/h3-8,13,15H,1-2H3. The highest BCUT2D eigenvalue weighted by Gasteiger charge is 2.15. The molecule has 2 nitrogen and oxygen atoms in total. The van der Waals surface area contributed by atoms with Crippen molar-refractivity contribution in [1.29, 1.82) is 0 Å². The van der Waals surface area contributed by atoms with E-state index >= 15 is 0 Å². The van der Waals surface area contributed by atoms with E-state index in [2.05, 4.69) is 52.2 Å². The van der Waals surface area contributed by atoms with E-state index in [1.807, 2.05) is 26.1 Å². The molecule has 0 amide bonds. The molecular weight excluding hydrogens is 313 g/mol. The zero-order chi connectivity index (χ0) is 11.5. The van der Waals surface area contributed by atoms with Crippen LogP contribution in [0.1, 0.15) is 23.1 Å². The number of benzene rings is 1. The van der Waals surface area contributed by atoms with E-state index in [1.54, 1.807) is 0 Å². The first-order valence-corrected chi connectivity index (χ1v) is 6.27. The third-order valence-electron chi connectivity index (χ3n) is 2.52. The Morgan fingerprint density at radius 2 is 2.06 bits per heavy atom. The third kappa shape index (κ3) is 2.47. The van der Waals surface area contributed by atoms with Gasteiger partial charge in [0.2, 0.25) is 0 Å². The van der Waals surface area contributed by atoms with Gasteiger partial charge in [-0.25, -0.2) is 0 Å². The number of halogens is 1. The zero-order valence-corrected chi connectivity index (χ0v) is 11.5. The summed E-state index contributed by atoms with van der Waals surface area (Å²) in [5.41, 5.74) is 1.23. The lowest BCUT2D eigenvalue weighted by atomic mass is 10.1. The summed E-state index contributed by atoms with van der Waals surface area (Å²) in [5, 5.41) is 3.28. The fourth-order valence-corrected chi connectivity index (χ4v) is 2.34. The Morgan fingerprint density at radius 3 is 2.62 bits per heavy atom. The lowest BCUT2D eigenvalue weighted by molar-refractivity contribution is 0.444. The van der Waals surface area contributed by atoms with Crippen LogP contribution in [0, 0.1) is 10.5 Å². The van der Waals surface area contributed by atoms with Crippen LogP contribution in [-0.2, 0) is 0 Å². The molecular formula is C13H14INO. The van der Waals surface area contributed by atoms with Crippen LogP contribution in [0.5, 0.6) is 0 Å². The third-order valence-corrected chi connectivity index (χ3v) is 3.19. The van der Waals surface area contributed by atoms with Gasteiger partial charge in [-0.3, -0.25) is 0 Å². The maximum absolute atomic E-state index is 5.67. The first kappa shape index (κ1) is 11.7. The van der Waals surface area contributed by atoms with Crippen molar-refractivity contribution in [1.82, 2.24) is 5.32 Å². The molecule has 0 spiro atoms. The molecule has 1 aromatic carbocycles. The second kappa shape index (κ2) is 5.01. The van der Waals surface area contributed by atoms with Crippen molar-refractivity contribution in [2.75, 3.05) is 7.05 Å². The topological polar surface area (TPSA) is 25.2 Å². The molecule has 0 aliphatic heterocycles. The molecule has 1 aromatic heterocycles. The van der Waals surface area contributed by atoms with Crippen LogP contribution in [0.2, 0.25) is 0 Å². The van der Waals surface area contributed by atoms with Gasteiger partial charge < -0.3 is 9.73 Å². The molecule has 1 atom stereocenters. The molecule has 2 rings (SSSR count). The van der Waals surface area contributed by atoms with Gasteiger partial charge in [0.05, 0.1) is 6.04 Å². The lowest BCUT2D eigenvalue weighted by Gasteiger charge is -2.14. The summed E-state index contributed by atoms with van der Waals surface area (Å²) in [5.74, 6) is 1.91. The number of hydrogen-bond acceptors (Lipinski definition) is 2. The van der Waals surface area contributed by atoms with Crippen molar-refractivity contribution < 1.29 is 4.42 Å². The molecule has 16 heavy (non-hydrogen) atoms. The molecule has 0 bridgehead atoms. The largest absolute Gasteiger partial charge is 0.464 e. The number of hydrogen-bond donors (Lipinski definition) is 1. The molecule has 3 heteroatoms. The summed E-state index contributed by atoms with van der Waals surface area (Å²) < 4.78 is 6.90. The maximum atomic E-state index is 5.67. The van der Waals surface area contributed by atoms with Crippen LogP contribution < -0.4 is 5.32 Å². The van der Waals surface area contributed by atoms with E-state index in [0.29, 0.717) is 0 Å². The van der Waals surface area contributed by atoms with Crippen molar-refractivity contribution in [3.63, 3.8) is 0 Å². The first-order valence-electron chi connectivity index (χ1n) is 5.20. The molecule has 1 N–H and O–H groups in total. The van der Waals surface area contributed by atoms with Gasteiger partial charge in [0, 0.05) is 3.57 Å². The number of nitrogens with one attached hydrogen (secondary N) is 1. The van der Waals surface area contributed by atoms with Crippen LogP contribution in [0.4, 0.5) is 0 Å². The van der Waals surface area contributed by atoms with Gasteiger partial charge in [-0.1, -0.05) is 12.1 Å². The molecule has 1 unspecified atom stereocenters. The minimum absolute atomic E-state index is 0.128. The number of rotatable bonds is 3. The monoisotopic (exact) mass is 327 g/mol. The van der Waals surface area contributed by atoms with E-state index in [1.165, 1.54) is 9.13 Å². The maximum Gasteiger partial charge on any atom is 0.125 e. The molecule has 0 saturated heterocycles. The smallest absolute Gasteiger partial charge is 0.125 e. The van der Waals surface area contributed by atoms with Gasteiger partial charge in [-0.05, 0) is 66.4 Å². The normalized spacial score (nSPS) is 12.7. The van der Waals surface area contributed by atoms with Gasteiger partial charge >= 0.3 is 0 Å². The summed E-state index contributed by atoms with van der Waals surface area (Å²) in [6.45, 7) is 1.96. The van der Waals surface area contributed by atoms with Gasteiger partial charge in [0.15, 0.2) is 0 Å². The van der Waals surface area contributed by atoms with Crippen LogP contribution in [0.15, 0.2) is 40.8 Å². The quantitative estimate of drug-likeness (QED) is 0.873. The van der Waals surface area contributed by atoms with Gasteiger partial charge in [-0.2, -0.15) is 0 Å². The average molecular weight is 327 g/mol. The second-order valence-electron chi connectivity index (χ2n) is 3.73. The second-order valence-corrected chi connectivity index (χ2v) is 4.97. The average Bonchev–Trinajstić information content (AvgIpc) is 2.66. The minimum Gasteiger partial charge on any atom is -0.464 e. The molecule has 0 fully saturated rings. The molecule has 0 saturated carbocycles. The molecule has 1 heterocycles. The Balaban J connectivity index is 2.36. The highest BCUT2D eigenvalue weighted by molar-refractivity contribution is 14.1. The van der Waals surface area contributed by atoms with E-state index in [4.69, 9.17) is 4.42 Å². The summed E-state index contributed by atoms with van der Waals surface area (Å²) in [4.78, 5) is 0. The Labute approximate surface area is 109 Å². The Morgan fingerprint density at radius 1 is 1.25 bits per heavy atom. The van der Waals surface area contributed by atoms with Gasteiger partial charge in [0.25, 0.3) is 0 Å². The Bertz CT molecular complexity index is 478. The van der Waals surface area contributed by atoms with Crippen molar-refractivity contribution in [3.8, 4) is 0 Å². The minimum atomic E-state index is 0.128. The van der Waals surface area contributed by atoms with E-state index in [9.17, 15) is 0 Å². The Kier molecular flexibility index (Phi) is 3.66. The zero-order valence-electron chi connectivity index (χ0n) is 9.33. The fourth-order valence-electron chi connectivity index (χ4n) is 1.77. The SMILES string of the molecule is CNC(c1cccc(I)c1)c1ccc(C)o1. The van der Waals surface area contributed by atoms with Crippen molar-refractivity contribution in [2.24, 2.45) is 0 Å². The van der Waals surface area contributed by atoms with Crippen LogP contribution in [-0.4, -0.2) is 7.05 Å². The number of furan rings is 1. The predicted octanol–water partition coefficient (Wildman–Crippen LogP) is 3.50. The highest BCUT2D eigenvalue weighted by atomic mass is 127. The van der Waals surface area contributed by atoms with E-state index in [-0.39, 0.29) is 6.04 Å². The van der Waals surface area contributed by atoms with Crippen LogP contribution in [0.3, 0.4) is 0 Å². The molecule has 0 aliphatic rings. The van der Waals surface area contributed by atoms with E-state index < -0.39 is 0 Å². The lowest BCUT2D eigenvalue weighted by Crippen LogP contribution is -2.17. The van der Waals surface area contributed by atoms with Crippen LogP contribution >= 0.6 is 22.6 Å². The summed E-state index contributed by atoms with van der Waals surface area (Å²) in [6, 6.07) is 12.6. The van der Waals surface area contributed by atoms with E-state index in [0.717, 1.165) is 11.5 Å². The van der Waals surface area contributed by atoms with Gasteiger partial charge in [-0.15, -0.1) is 0 Å². The number of aryl methyl sites for hydroxylation is 1. The first-order chi connectivity index (χ1) is 7.70. The van der Waals surface area contributed by atoms with Crippen LogP contribution in [0.25, 0.3) is 0 Å². The van der Waals surface area contributed by atoms with Crippen molar-refractivity contribution in [2.45, 2.75) is 13.0 Å². The molecule has 0 radical (unpaired) electrons. The van der Waals surface area contributed by atoms with Gasteiger partial charge in [0.1, 0.15) is 11.5 Å². The molecule has 0 aliphatic carbocycles. The van der Waals surface area contributed by atoms with Crippen molar-refractivity contribution >= 4 is 22.6 Å². The summed E-state index contributed by atoms with van der Waals surface area (Å²) in [6.07, 6.45) is 0.